The number of rotatable bonds is 8. The topological polar surface area (TPSA) is 30.5 Å². The second-order valence-corrected chi connectivity index (χ2v) is 4.44. The summed E-state index contributed by atoms with van der Waals surface area (Å²) >= 11 is 3.20. The van der Waals surface area contributed by atoms with Gasteiger partial charge in [0.05, 0.1) is 13.2 Å². The van der Waals surface area contributed by atoms with Gasteiger partial charge >= 0.3 is 0 Å². The van der Waals surface area contributed by atoms with Gasteiger partial charge in [-0.1, -0.05) is 15.9 Å². The first-order chi connectivity index (χ1) is 8.24. The lowest BCUT2D eigenvalue weighted by atomic mass is 10.3. The third kappa shape index (κ3) is 6.00. The van der Waals surface area contributed by atoms with Gasteiger partial charge < -0.3 is 14.8 Å². The first-order valence-corrected chi connectivity index (χ1v) is 6.31. The fraction of sp³-hybridized carbons (Fsp3) is 0.500. The van der Waals surface area contributed by atoms with Crippen LogP contribution < -0.4 is 10.1 Å². The second-order valence-electron chi connectivity index (χ2n) is 3.52. The molecular weight excluding hydrogens is 289 g/mol. The average Bonchev–Trinajstić information content (AvgIpc) is 2.30. The molecule has 0 heterocycles. The summed E-state index contributed by atoms with van der Waals surface area (Å²) in [6.45, 7) is 2.85. The fourth-order valence-corrected chi connectivity index (χ4v) is 1.60. The summed E-state index contributed by atoms with van der Waals surface area (Å²) in [4.78, 5) is 0. The van der Waals surface area contributed by atoms with Gasteiger partial charge in [0.15, 0.2) is 11.6 Å². The van der Waals surface area contributed by atoms with Gasteiger partial charge in [-0.15, -0.1) is 0 Å². The van der Waals surface area contributed by atoms with Crippen LogP contribution in [0.25, 0.3) is 0 Å². The van der Waals surface area contributed by atoms with Crippen LogP contribution >= 0.6 is 15.9 Å². The monoisotopic (exact) mass is 305 g/mol. The van der Waals surface area contributed by atoms with Crippen molar-refractivity contribution in [3.05, 3.63) is 28.5 Å². The Labute approximate surface area is 109 Å². The van der Waals surface area contributed by atoms with Gasteiger partial charge in [-0.05, 0) is 31.2 Å². The van der Waals surface area contributed by atoms with E-state index in [0.29, 0.717) is 23.4 Å². The average molecular weight is 306 g/mol. The summed E-state index contributed by atoms with van der Waals surface area (Å²) in [5.41, 5.74) is 0. The van der Waals surface area contributed by atoms with E-state index in [0.717, 1.165) is 19.5 Å². The lowest BCUT2D eigenvalue weighted by molar-refractivity contribution is 0.198. The molecule has 1 aromatic rings. The molecule has 0 atom stereocenters. The SMILES string of the molecule is COCCNCCCOc1ccc(Br)cc1F. The standard InChI is InChI=1S/C12H17BrFNO2/c1-16-8-6-15-5-2-7-17-12-4-3-10(13)9-11(12)14/h3-4,9,15H,2,5-8H2,1H3. The van der Waals surface area contributed by atoms with Gasteiger partial charge in [0, 0.05) is 18.1 Å². The van der Waals surface area contributed by atoms with E-state index in [-0.39, 0.29) is 5.82 Å². The van der Waals surface area contributed by atoms with Crippen molar-refractivity contribution in [2.45, 2.75) is 6.42 Å². The normalized spacial score (nSPS) is 10.5. The van der Waals surface area contributed by atoms with Crippen LogP contribution in [0.5, 0.6) is 5.75 Å². The molecule has 1 rings (SSSR count). The van der Waals surface area contributed by atoms with Crippen molar-refractivity contribution in [1.82, 2.24) is 5.32 Å². The largest absolute Gasteiger partial charge is 0.490 e. The second kappa shape index (κ2) is 8.44. The van der Waals surface area contributed by atoms with E-state index in [4.69, 9.17) is 9.47 Å². The van der Waals surface area contributed by atoms with E-state index in [1.165, 1.54) is 6.07 Å². The Morgan fingerprint density at radius 3 is 2.82 bits per heavy atom. The Kier molecular flexibility index (Phi) is 7.16. The predicted molar refractivity (Wildman–Crippen MR) is 69.0 cm³/mol. The molecule has 96 valence electrons. The van der Waals surface area contributed by atoms with Crippen molar-refractivity contribution in [3.63, 3.8) is 0 Å². The molecule has 0 amide bonds. The molecule has 0 fully saturated rings. The van der Waals surface area contributed by atoms with Crippen LogP contribution in [0, 0.1) is 5.82 Å². The minimum atomic E-state index is -0.341. The highest BCUT2D eigenvalue weighted by Crippen LogP contribution is 2.21. The maximum Gasteiger partial charge on any atom is 0.166 e. The molecule has 5 heteroatoms. The molecule has 0 aliphatic rings. The molecule has 0 aliphatic heterocycles. The van der Waals surface area contributed by atoms with Gasteiger partial charge in [0.1, 0.15) is 0 Å². The maximum absolute atomic E-state index is 13.3. The predicted octanol–water partition coefficient (Wildman–Crippen LogP) is 2.59. The zero-order chi connectivity index (χ0) is 12.5. The van der Waals surface area contributed by atoms with E-state index in [9.17, 15) is 4.39 Å². The first-order valence-electron chi connectivity index (χ1n) is 5.51. The lowest BCUT2D eigenvalue weighted by Crippen LogP contribution is -2.21. The molecule has 17 heavy (non-hydrogen) atoms. The van der Waals surface area contributed by atoms with Crippen LogP contribution in [0.15, 0.2) is 22.7 Å². The third-order valence-electron chi connectivity index (χ3n) is 2.13. The lowest BCUT2D eigenvalue weighted by Gasteiger charge is -2.08. The highest BCUT2D eigenvalue weighted by molar-refractivity contribution is 9.10. The number of ether oxygens (including phenoxy) is 2. The van der Waals surface area contributed by atoms with Crippen LogP contribution in [0.1, 0.15) is 6.42 Å². The number of hydrogen-bond acceptors (Lipinski definition) is 3. The van der Waals surface area contributed by atoms with E-state index in [1.54, 1.807) is 19.2 Å². The molecule has 0 radical (unpaired) electrons. The Morgan fingerprint density at radius 2 is 2.12 bits per heavy atom. The molecule has 0 saturated heterocycles. The molecule has 0 aromatic heterocycles. The highest BCUT2D eigenvalue weighted by Gasteiger charge is 2.02. The van der Waals surface area contributed by atoms with Gasteiger partial charge in [-0.2, -0.15) is 0 Å². The van der Waals surface area contributed by atoms with Crippen molar-refractivity contribution in [2.75, 3.05) is 33.4 Å². The van der Waals surface area contributed by atoms with E-state index in [2.05, 4.69) is 21.2 Å². The summed E-state index contributed by atoms with van der Waals surface area (Å²) in [5, 5.41) is 3.19. The molecule has 0 spiro atoms. The molecule has 0 saturated carbocycles. The van der Waals surface area contributed by atoms with E-state index in [1.807, 2.05) is 0 Å². The zero-order valence-corrected chi connectivity index (χ0v) is 11.4. The third-order valence-corrected chi connectivity index (χ3v) is 2.63. The van der Waals surface area contributed by atoms with Gasteiger partial charge in [-0.25, -0.2) is 4.39 Å². The number of halogens is 2. The molecule has 0 bridgehead atoms. The van der Waals surface area contributed by atoms with Crippen LogP contribution in [-0.2, 0) is 4.74 Å². The van der Waals surface area contributed by atoms with Crippen LogP contribution in [0.3, 0.4) is 0 Å². The van der Waals surface area contributed by atoms with Gasteiger partial charge in [0.2, 0.25) is 0 Å². The number of benzene rings is 1. The number of methoxy groups -OCH3 is 1. The molecule has 1 aromatic carbocycles. The first kappa shape index (κ1) is 14.4. The summed E-state index contributed by atoms with van der Waals surface area (Å²) in [6.07, 6.45) is 0.833. The summed E-state index contributed by atoms with van der Waals surface area (Å²) < 4.78 is 24.3. The van der Waals surface area contributed by atoms with E-state index >= 15 is 0 Å². The molecule has 3 nitrogen and oxygen atoms in total. The van der Waals surface area contributed by atoms with Crippen molar-refractivity contribution < 1.29 is 13.9 Å². The Balaban J connectivity index is 2.14. The Morgan fingerprint density at radius 1 is 1.29 bits per heavy atom. The quantitative estimate of drug-likeness (QED) is 0.749. The van der Waals surface area contributed by atoms with Crippen LogP contribution in [0.2, 0.25) is 0 Å². The van der Waals surface area contributed by atoms with Gasteiger partial charge in [0.25, 0.3) is 0 Å². The Hall–Kier alpha value is -0.650. The number of nitrogens with one attached hydrogen (secondary N) is 1. The molecule has 0 unspecified atom stereocenters. The van der Waals surface area contributed by atoms with Gasteiger partial charge in [-0.3, -0.25) is 0 Å². The Bertz CT molecular complexity index is 336. The minimum Gasteiger partial charge on any atom is -0.490 e. The molecular formula is C12H17BrFNO2. The van der Waals surface area contributed by atoms with Crippen molar-refractivity contribution in [3.8, 4) is 5.75 Å². The molecule has 0 aliphatic carbocycles. The smallest absolute Gasteiger partial charge is 0.166 e. The highest BCUT2D eigenvalue weighted by atomic mass is 79.9. The molecule has 1 N–H and O–H groups in total. The summed E-state index contributed by atoms with van der Waals surface area (Å²) in [6, 6.07) is 4.78. The van der Waals surface area contributed by atoms with Crippen LogP contribution in [-0.4, -0.2) is 33.4 Å². The summed E-state index contributed by atoms with van der Waals surface area (Å²) in [5.74, 6) is -0.0446. The van der Waals surface area contributed by atoms with Crippen molar-refractivity contribution >= 4 is 15.9 Å². The van der Waals surface area contributed by atoms with E-state index < -0.39 is 0 Å². The fourth-order valence-electron chi connectivity index (χ4n) is 1.27. The zero-order valence-electron chi connectivity index (χ0n) is 9.84. The maximum atomic E-state index is 13.3. The van der Waals surface area contributed by atoms with Crippen molar-refractivity contribution in [1.29, 1.82) is 0 Å². The van der Waals surface area contributed by atoms with Crippen molar-refractivity contribution in [2.24, 2.45) is 0 Å². The summed E-state index contributed by atoms with van der Waals surface area (Å²) in [7, 11) is 1.67. The van der Waals surface area contributed by atoms with Crippen LogP contribution in [0.4, 0.5) is 4.39 Å². The number of hydrogen-bond donors (Lipinski definition) is 1. The minimum absolute atomic E-state index is 0.296.